The summed E-state index contributed by atoms with van der Waals surface area (Å²) in [6, 6.07) is 13.2. The maximum Gasteiger partial charge on any atom is 0.269 e. The number of carbonyl (C=O) groups excluding carboxylic acids is 2. The Balaban J connectivity index is 1.50. The molecule has 2 aromatic rings. The molecule has 1 heterocycles. The molecule has 1 unspecified atom stereocenters. The zero-order valence-electron chi connectivity index (χ0n) is 16.5. The van der Waals surface area contributed by atoms with Crippen LogP contribution in [0, 0.1) is 10.1 Å². The number of rotatable bonds is 7. The van der Waals surface area contributed by atoms with Crippen molar-refractivity contribution in [3.63, 3.8) is 0 Å². The van der Waals surface area contributed by atoms with Gasteiger partial charge in [-0.25, -0.2) is 0 Å². The van der Waals surface area contributed by atoms with Gasteiger partial charge in [-0.3, -0.25) is 19.7 Å². The van der Waals surface area contributed by atoms with Crippen molar-refractivity contribution in [2.45, 2.75) is 38.6 Å². The number of hydrogen-bond donors (Lipinski definition) is 1. The van der Waals surface area contributed by atoms with E-state index in [0.29, 0.717) is 17.7 Å². The van der Waals surface area contributed by atoms with Gasteiger partial charge in [0.2, 0.25) is 0 Å². The fraction of sp³-hybridized carbons (Fsp3) is 0.364. The molecule has 0 spiro atoms. The summed E-state index contributed by atoms with van der Waals surface area (Å²) in [5, 5.41) is 13.8. The molecule has 152 valence electrons. The van der Waals surface area contributed by atoms with Crippen molar-refractivity contribution in [3.05, 3.63) is 69.8 Å². The molecule has 1 amide bonds. The van der Waals surface area contributed by atoms with Gasteiger partial charge in [-0.1, -0.05) is 0 Å². The van der Waals surface area contributed by atoms with Gasteiger partial charge in [0.25, 0.3) is 11.6 Å². The Morgan fingerprint density at radius 3 is 2.34 bits per heavy atom. The Kier molecular flexibility index (Phi) is 6.59. The number of piperidine rings is 1. The number of hydrogen-bond acceptors (Lipinski definition) is 5. The van der Waals surface area contributed by atoms with Gasteiger partial charge in [0.15, 0.2) is 5.78 Å². The number of nitrogens with zero attached hydrogens (tertiary/aromatic N) is 2. The van der Waals surface area contributed by atoms with Crippen LogP contribution in [0.5, 0.6) is 0 Å². The van der Waals surface area contributed by atoms with Crippen LogP contribution in [-0.4, -0.2) is 40.6 Å². The van der Waals surface area contributed by atoms with Crippen molar-refractivity contribution in [1.29, 1.82) is 0 Å². The summed E-state index contributed by atoms with van der Waals surface area (Å²) in [4.78, 5) is 37.0. The Morgan fingerprint density at radius 1 is 1.07 bits per heavy atom. The fourth-order valence-electron chi connectivity index (χ4n) is 3.53. The van der Waals surface area contributed by atoms with E-state index in [1.165, 1.54) is 30.7 Å². The summed E-state index contributed by atoms with van der Waals surface area (Å²) in [5.41, 5.74) is 1.93. The van der Waals surface area contributed by atoms with E-state index in [-0.39, 0.29) is 29.8 Å². The number of amides is 1. The third-order valence-corrected chi connectivity index (χ3v) is 5.28. The average Bonchev–Trinajstić information content (AvgIpc) is 2.74. The maximum atomic E-state index is 12.7. The Morgan fingerprint density at radius 2 is 1.72 bits per heavy atom. The largest absolute Gasteiger partial charge is 0.385 e. The van der Waals surface area contributed by atoms with Crippen molar-refractivity contribution in [2.75, 3.05) is 18.4 Å². The Labute approximate surface area is 169 Å². The molecular formula is C22H25N3O4. The number of benzene rings is 2. The second kappa shape index (κ2) is 9.32. The molecule has 1 saturated heterocycles. The minimum absolute atomic E-state index is 0.0340. The third kappa shape index (κ3) is 5.19. The predicted molar refractivity (Wildman–Crippen MR) is 111 cm³/mol. The summed E-state index contributed by atoms with van der Waals surface area (Å²) in [6.45, 7) is 3.34. The highest BCUT2D eigenvalue weighted by molar-refractivity contribution is 5.96. The second-order valence-corrected chi connectivity index (χ2v) is 7.32. The lowest BCUT2D eigenvalue weighted by Crippen LogP contribution is -2.41. The second-order valence-electron chi connectivity index (χ2n) is 7.32. The van der Waals surface area contributed by atoms with Gasteiger partial charge in [-0.15, -0.1) is 0 Å². The van der Waals surface area contributed by atoms with E-state index < -0.39 is 4.92 Å². The van der Waals surface area contributed by atoms with E-state index in [1.807, 2.05) is 29.2 Å². The standard InChI is InChI=1S/C22H25N3O4/c1-16-4-2-3-15-24(16)22(27)18-5-9-19(10-6-18)23-14-13-21(26)17-7-11-20(12-8-17)25(28)29/h5-12,16,23H,2-4,13-15H2,1H3. The molecular weight excluding hydrogens is 370 g/mol. The van der Waals surface area contributed by atoms with Crippen LogP contribution in [0.2, 0.25) is 0 Å². The molecule has 0 radical (unpaired) electrons. The van der Waals surface area contributed by atoms with Gasteiger partial charge in [-0.2, -0.15) is 0 Å². The first kappa shape index (κ1) is 20.5. The van der Waals surface area contributed by atoms with Gasteiger partial charge < -0.3 is 10.2 Å². The van der Waals surface area contributed by atoms with Gasteiger partial charge in [0.1, 0.15) is 0 Å². The van der Waals surface area contributed by atoms with Gasteiger partial charge in [0.05, 0.1) is 4.92 Å². The summed E-state index contributed by atoms with van der Waals surface area (Å²) in [6.07, 6.45) is 3.54. The third-order valence-electron chi connectivity index (χ3n) is 5.28. The monoisotopic (exact) mass is 395 g/mol. The van der Waals surface area contributed by atoms with Crippen LogP contribution in [0.4, 0.5) is 11.4 Å². The molecule has 3 rings (SSSR count). The molecule has 1 fully saturated rings. The molecule has 2 aromatic carbocycles. The molecule has 7 nitrogen and oxygen atoms in total. The molecule has 1 aliphatic rings. The lowest BCUT2D eigenvalue weighted by atomic mass is 10.0. The molecule has 29 heavy (non-hydrogen) atoms. The van der Waals surface area contributed by atoms with Crippen LogP contribution < -0.4 is 5.32 Å². The lowest BCUT2D eigenvalue weighted by molar-refractivity contribution is -0.384. The highest BCUT2D eigenvalue weighted by Crippen LogP contribution is 2.20. The fourth-order valence-corrected chi connectivity index (χ4v) is 3.53. The van der Waals surface area contributed by atoms with E-state index >= 15 is 0 Å². The smallest absolute Gasteiger partial charge is 0.269 e. The summed E-state index contributed by atoms with van der Waals surface area (Å²) < 4.78 is 0. The molecule has 0 aliphatic carbocycles. The Hall–Kier alpha value is -3.22. The average molecular weight is 395 g/mol. The first-order chi connectivity index (χ1) is 14.0. The number of likely N-dealkylation sites (tertiary alicyclic amines) is 1. The van der Waals surface area contributed by atoms with E-state index in [0.717, 1.165) is 25.1 Å². The van der Waals surface area contributed by atoms with Crippen LogP contribution in [0.25, 0.3) is 0 Å². The zero-order valence-corrected chi connectivity index (χ0v) is 16.5. The van der Waals surface area contributed by atoms with Crippen LogP contribution in [0.3, 0.4) is 0 Å². The van der Waals surface area contributed by atoms with Gasteiger partial charge in [0, 0.05) is 54.5 Å². The van der Waals surface area contributed by atoms with Crippen LogP contribution >= 0.6 is 0 Å². The van der Waals surface area contributed by atoms with E-state index in [4.69, 9.17) is 0 Å². The van der Waals surface area contributed by atoms with Gasteiger partial charge in [-0.05, 0) is 62.6 Å². The zero-order chi connectivity index (χ0) is 20.8. The first-order valence-corrected chi connectivity index (χ1v) is 9.88. The van der Waals surface area contributed by atoms with Crippen LogP contribution in [-0.2, 0) is 0 Å². The van der Waals surface area contributed by atoms with E-state index in [1.54, 1.807) is 0 Å². The highest BCUT2D eigenvalue weighted by atomic mass is 16.6. The lowest BCUT2D eigenvalue weighted by Gasteiger charge is -2.33. The van der Waals surface area contributed by atoms with E-state index in [2.05, 4.69) is 12.2 Å². The van der Waals surface area contributed by atoms with Crippen molar-refractivity contribution < 1.29 is 14.5 Å². The minimum Gasteiger partial charge on any atom is -0.385 e. The van der Waals surface area contributed by atoms with Crippen molar-refractivity contribution in [2.24, 2.45) is 0 Å². The Bertz CT molecular complexity index is 878. The molecule has 0 aromatic heterocycles. The number of anilines is 1. The van der Waals surface area contributed by atoms with Crippen LogP contribution in [0.15, 0.2) is 48.5 Å². The molecule has 1 aliphatic heterocycles. The van der Waals surface area contributed by atoms with Gasteiger partial charge >= 0.3 is 0 Å². The number of non-ortho nitro benzene ring substituents is 1. The maximum absolute atomic E-state index is 12.7. The summed E-state index contributed by atoms with van der Waals surface area (Å²) in [5.74, 6) is -0.0182. The number of Topliss-reactive ketones (excluding diaryl/α,β-unsaturated/α-hetero) is 1. The van der Waals surface area contributed by atoms with Crippen LogP contribution in [0.1, 0.15) is 53.3 Å². The number of nitro benzene ring substituents is 1. The SMILES string of the molecule is CC1CCCCN1C(=O)c1ccc(NCCC(=O)c2ccc([N+](=O)[O-])cc2)cc1. The number of nitrogens with one attached hydrogen (secondary N) is 1. The molecule has 1 N–H and O–H groups in total. The molecule has 0 bridgehead atoms. The van der Waals surface area contributed by atoms with Crippen molar-refractivity contribution in [1.82, 2.24) is 4.90 Å². The molecule has 1 atom stereocenters. The topological polar surface area (TPSA) is 92.6 Å². The molecule has 7 heteroatoms. The quantitative estimate of drug-likeness (QED) is 0.429. The predicted octanol–water partition coefficient (Wildman–Crippen LogP) is 4.29. The highest BCUT2D eigenvalue weighted by Gasteiger charge is 2.24. The normalized spacial score (nSPS) is 16.3. The van der Waals surface area contributed by atoms with Crippen molar-refractivity contribution in [3.8, 4) is 0 Å². The number of carbonyl (C=O) groups is 2. The number of nitro groups is 1. The summed E-state index contributed by atoms with van der Waals surface area (Å²) in [7, 11) is 0. The first-order valence-electron chi connectivity index (χ1n) is 9.88. The summed E-state index contributed by atoms with van der Waals surface area (Å²) >= 11 is 0. The minimum atomic E-state index is -0.490. The van der Waals surface area contributed by atoms with E-state index in [9.17, 15) is 19.7 Å². The molecule has 0 saturated carbocycles. The van der Waals surface area contributed by atoms with Crippen molar-refractivity contribution >= 4 is 23.1 Å². The number of ketones is 1.